The highest BCUT2D eigenvalue weighted by molar-refractivity contribution is 7.91. The van der Waals surface area contributed by atoms with Crippen LogP contribution in [-0.4, -0.2) is 38.5 Å². The lowest BCUT2D eigenvalue weighted by molar-refractivity contribution is 0.518. The Labute approximate surface area is 153 Å². The Kier molecular flexibility index (Phi) is 5.97. The maximum atomic E-state index is 11.6. The van der Waals surface area contributed by atoms with Crippen molar-refractivity contribution in [3.05, 3.63) is 22.4 Å². The lowest BCUT2D eigenvalue weighted by Crippen LogP contribution is -2.46. The van der Waals surface area contributed by atoms with Crippen LogP contribution in [0.2, 0.25) is 0 Å². The van der Waals surface area contributed by atoms with Gasteiger partial charge in [0.2, 0.25) is 0 Å². The van der Waals surface area contributed by atoms with E-state index in [0.29, 0.717) is 25.5 Å². The number of nitrogens with zero attached hydrogens (tertiary/aromatic N) is 2. The summed E-state index contributed by atoms with van der Waals surface area (Å²) < 4.78 is 23.2. The Hall–Kier alpha value is -1.59. The first kappa shape index (κ1) is 18.2. The number of nitrogens with one attached hydrogen (secondary N) is 2. The lowest BCUT2D eigenvalue weighted by Gasteiger charge is -2.21. The predicted octanol–water partition coefficient (Wildman–Crippen LogP) is 1.91. The molecule has 2 fully saturated rings. The average Bonchev–Trinajstić information content (AvgIpc) is 3.31. The van der Waals surface area contributed by atoms with Gasteiger partial charge in [0.1, 0.15) is 0 Å². The monoisotopic (exact) mass is 380 g/mol. The molecule has 0 aromatic carbocycles. The summed E-state index contributed by atoms with van der Waals surface area (Å²) in [5.74, 6) is 1.37. The highest BCUT2D eigenvalue weighted by Gasteiger charge is 2.30. The third-order valence-corrected chi connectivity index (χ3v) is 7.56. The van der Waals surface area contributed by atoms with E-state index in [4.69, 9.17) is 0 Å². The third kappa shape index (κ3) is 5.19. The van der Waals surface area contributed by atoms with Crippen LogP contribution >= 0.6 is 11.3 Å². The molecule has 0 bridgehead atoms. The van der Waals surface area contributed by atoms with Crippen LogP contribution in [0.4, 0.5) is 0 Å². The van der Waals surface area contributed by atoms with Gasteiger partial charge in [-0.05, 0) is 43.0 Å². The number of guanidine groups is 1. The van der Waals surface area contributed by atoms with Crippen LogP contribution in [0.5, 0.6) is 0 Å². The van der Waals surface area contributed by atoms with E-state index in [1.165, 1.54) is 4.88 Å². The minimum atomic E-state index is -2.87. The first-order valence-corrected chi connectivity index (χ1v) is 11.4. The second-order valence-corrected chi connectivity index (χ2v) is 10.1. The SMILES string of the molecule is N#CC1CCCC1NC(=NCc1cccs1)NCC1CCS(=O)(=O)C1. The van der Waals surface area contributed by atoms with Crippen molar-refractivity contribution in [1.82, 2.24) is 10.6 Å². The molecule has 3 unspecified atom stereocenters. The molecule has 2 N–H and O–H groups in total. The maximum Gasteiger partial charge on any atom is 0.191 e. The fourth-order valence-electron chi connectivity index (χ4n) is 3.45. The first-order valence-electron chi connectivity index (χ1n) is 8.73. The van der Waals surface area contributed by atoms with Gasteiger partial charge in [0.15, 0.2) is 15.8 Å². The summed E-state index contributed by atoms with van der Waals surface area (Å²) in [5, 5.41) is 18.0. The molecule has 1 aliphatic carbocycles. The van der Waals surface area contributed by atoms with Crippen LogP contribution in [0.25, 0.3) is 0 Å². The van der Waals surface area contributed by atoms with Crippen molar-refractivity contribution in [1.29, 1.82) is 5.26 Å². The highest BCUT2D eigenvalue weighted by Crippen LogP contribution is 2.25. The highest BCUT2D eigenvalue weighted by atomic mass is 32.2. The first-order chi connectivity index (χ1) is 12.1. The number of thiophene rings is 1. The standard InChI is InChI=1S/C17H24N4O2S2/c18-9-14-3-1-5-16(14)21-17(20-11-15-4-2-7-24-15)19-10-13-6-8-25(22,23)12-13/h2,4,7,13-14,16H,1,3,5-6,8,10-12H2,(H2,19,20,21). The molecular weight excluding hydrogens is 356 g/mol. The number of hydrogen-bond acceptors (Lipinski definition) is 5. The fraction of sp³-hybridized carbons (Fsp3) is 0.647. The molecule has 0 amide bonds. The van der Waals surface area contributed by atoms with Crippen LogP contribution in [-0.2, 0) is 16.4 Å². The Bertz CT molecular complexity index is 737. The van der Waals surface area contributed by atoms with Gasteiger partial charge in [-0.25, -0.2) is 13.4 Å². The molecule has 8 heteroatoms. The minimum Gasteiger partial charge on any atom is -0.356 e. The van der Waals surface area contributed by atoms with Gasteiger partial charge in [-0.2, -0.15) is 5.26 Å². The topological polar surface area (TPSA) is 94.3 Å². The van der Waals surface area contributed by atoms with E-state index in [1.807, 2.05) is 17.5 Å². The zero-order chi connectivity index (χ0) is 17.7. The van der Waals surface area contributed by atoms with Crippen molar-refractivity contribution >= 4 is 27.1 Å². The van der Waals surface area contributed by atoms with Gasteiger partial charge in [0.05, 0.1) is 30.0 Å². The summed E-state index contributed by atoms with van der Waals surface area (Å²) >= 11 is 1.66. The van der Waals surface area contributed by atoms with Crippen molar-refractivity contribution in [2.24, 2.45) is 16.8 Å². The molecule has 6 nitrogen and oxygen atoms in total. The molecule has 2 aliphatic rings. The molecule has 1 aromatic heterocycles. The molecule has 0 spiro atoms. The Morgan fingerprint density at radius 2 is 2.28 bits per heavy atom. The normalized spacial score (nSPS) is 28.6. The van der Waals surface area contributed by atoms with Gasteiger partial charge in [0.25, 0.3) is 0 Å². The molecule has 3 rings (SSSR count). The molecule has 136 valence electrons. The van der Waals surface area contributed by atoms with E-state index >= 15 is 0 Å². The summed E-state index contributed by atoms with van der Waals surface area (Å²) in [7, 11) is -2.87. The van der Waals surface area contributed by atoms with Crippen LogP contribution in [0.15, 0.2) is 22.5 Å². The van der Waals surface area contributed by atoms with Gasteiger partial charge >= 0.3 is 0 Å². The molecule has 1 aliphatic heterocycles. The number of aliphatic imine (C=N–C) groups is 1. The van der Waals surface area contributed by atoms with Crippen molar-refractivity contribution in [3.63, 3.8) is 0 Å². The molecule has 1 saturated carbocycles. The van der Waals surface area contributed by atoms with Crippen molar-refractivity contribution in [3.8, 4) is 6.07 Å². The Morgan fingerprint density at radius 1 is 1.40 bits per heavy atom. The molecule has 1 aromatic rings. The Morgan fingerprint density at radius 3 is 2.96 bits per heavy atom. The molecular formula is C17H24N4O2S2. The maximum absolute atomic E-state index is 11.6. The summed E-state index contributed by atoms with van der Waals surface area (Å²) in [6.45, 7) is 1.18. The van der Waals surface area contributed by atoms with Gasteiger partial charge in [0, 0.05) is 17.5 Å². The van der Waals surface area contributed by atoms with Gasteiger partial charge in [-0.3, -0.25) is 0 Å². The minimum absolute atomic E-state index is 0.0144. The summed E-state index contributed by atoms with van der Waals surface area (Å²) in [5.41, 5.74) is 0. The third-order valence-electron chi connectivity index (χ3n) is 4.86. The van der Waals surface area contributed by atoms with E-state index in [-0.39, 0.29) is 29.4 Å². The largest absolute Gasteiger partial charge is 0.356 e. The fourth-order valence-corrected chi connectivity index (χ4v) is 5.94. The Balaban J connectivity index is 1.61. The summed E-state index contributed by atoms with van der Waals surface area (Å²) in [6.07, 6.45) is 3.65. The average molecular weight is 381 g/mol. The zero-order valence-electron chi connectivity index (χ0n) is 14.1. The molecule has 1 saturated heterocycles. The summed E-state index contributed by atoms with van der Waals surface area (Å²) in [6, 6.07) is 6.54. The quantitative estimate of drug-likeness (QED) is 0.601. The zero-order valence-corrected chi connectivity index (χ0v) is 15.8. The second-order valence-electron chi connectivity index (χ2n) is 6.81. The van der Waals surface area contributed by atoms with Gasteiger partial charge in [-0.15, -0.1) is 11.3 Å². The van der Waals surface area contributed by atoms with E-state index in [0.717, 1.165) is 19.3 Å². The molecule has 0 radical (unpaired) electrons. The van der Waals surface area contributed by atoms with Crippen molar-refractivity contribution in [2.45, 2.75) is 38.3 Å². The predicted molar refractivity (Wildman–Crippen MR) is 100 cm³/mol. The van der Waals surface area contributed by atoms with E-state index in [1.54, 1.807) is 11.3 Å². The van der Waals surface area contributed by atoms with Crippen LogP contribution < -0.4 is 10.6 Å². The number of hydrogen-bond donors (Lipinski definition) is 2. The summed E-state index contributed by atoms with van der Waals surface area (Å²) in [4.78, 5) is 5.82. The number of rotatable bonds is 5. The molecule has 3 atom stereocenters. The van der Waals surface area contributed by atoms with E-state index in [9.17, 15) is 13.7 Å². The second kappa shape index (κ2) is 8.19. The van der Waals surface area contributed by atoms with Crippen LogP contribution in [0.1, 0.15) is 30.6 Å². The van der Waals surface area contributed by atoms with E-state index in [2.05, 4.69) is 21.7 Å². The molecule has 25 heavy (non-hydrogen) atoms. The van der Waals surface area contributed by atoms with Crippen molar-refractivity contribution in [2.75, 3.05) is 18.1 Å². The van der Waals surface area contributed by atoms with E-state index < -0.39 is 9.84 Å². The number of nitriles is 1. The van der Waals surface area contributed by atoms with Crippen LogP contribution in [0.3, 0.4) is 0 Å². The lowest BCUT2D eigenvalue weighted by atomic mass is 10.1. The van der Waals surface area contributed by atoms with Crippen LogP contribution in [0, 0.1) is 23.2 Å². The van der Waals surface area contributed by atoms with Gasteiger partial charge < -0.3 is 10.6 Å². The number of sulfone groups is 1. The molecule has 2 heterocycles. The smallest absolute Gasteiger partial charge is 0.191 e. The van der Waals surface area contributed by atoms with Gasteiger partial charge in [-0.1, -0.05) is 6.07 Å². The van der Waals surface area contributed by atoms with Crippen molar-refractivity contribution < 1.29 is 8.42 Å².